The molecule has 0 atom stereocenters. The van der Waals surface area contributed by atoms with E-state index in [2.05, 4.69) is 9.88 Å². The third-order valence-corrected chi connectivity index (χ3v) is 4.31. The molecule has 0 radical (unpaired) electrons. The van der Waals surface area contributed by atoms with Gasteiger partial charge in [0.1, 0.15) is 11.5 Å². The van der Waals surface area contributed by atoms with Crippen LogP contribution in [0, 0.1) is 0 Å². The van der Waals surface area contributed by atoms with Crippen molar-refractivity contribution in [1.82, 2.24) is 9.88 Å². The molecule has 0 aliphatic carbocycles. The lowest BCUT2D eigenvalue weighted by Crippen LogP contribution is -2.25. The molecule has 0 unspecified atom stereocenters. The van der Waals surface area contributed by atoms with Crippen LogP contribution >= 0.6 is 22.9 Å². The lowest BCUT2D eigenvalue weighted by Gasteiger charge is -2.22. The van der Waals surface area contributed by atoms with Crippen LogP contribution in [0.5, 0.6) is 11.5 Å². The van der Waals surface area contributed by atoms with E-state index in [1.807, 2.05) is 18.2 Å². The predicted octanol–water partition coefficient (Wildman–Crippen LogP) is 2.81. The fraction of sp³-hybridized carbons (Fsp3) is 0.400. The maximum atomic E-state index is 9.28. The molecule has 0 spiro atoms. The topological polar surface area (TPSA) is 54.8 Å². The van der Waals surface area contributed by atoms with Crippen LogP contribution in [-0.2, 0) is 13.1 Å². The van der Waals surface area contributed by atoms with Crippen molar-refractivity contribution >= 4 is 22.9 Å². The van der Waals surface area contributed by atoms with E-state index in [1.54, 1.807) is 20.4 Å². The Labute approximate surface area is 139 Å². The molecule has 7 heteroatoms. The second-order valence-corrected chi connectivity index (χ2v) is 6.39. The molecule has 1 aromatic heterocycles. The van der Waals surface area contributed by atoms with Gasteiger partial charge in [-0.3, -0.25) is 4.90 Å². The lowest BCUT2D eigenvalue weighted by molar-refractivity contribution is 0.184. The van der Waals surface area contributed by atoms with Gasteiger partial charge in [0.2, 0.25) is 0 Å². The number of thiazole rings is 1. The van der Waals surface area contributed by atoms with Gasteiger partial charge < -0.3 is 14.6 Å². The molecule has 2 aromatic rings. The zero-order valence-electron chi connectivity index (χ0n) is 12.6. The number of methoxy groups -OCH3 is 2. The van der Waals surface area contributed by atoms with E-state index in [0.717, 1.165) is 21.9 Å². The molecule has 0 saturated carbocycles. The number of aliphatic hydroxyl groups is 1. The van der Waals surface area contributed by atoms with Gasteiger partial charge in [-0.15, -0.1) is 11.3 Å². The summed E-state index contributed by atoms with van der Waals surface area (Å²) in [6, 6.07) is 5.73. The number of benzene rings is 1. The number of ether oxygens (including phenoxy) is 2. The van der Waals surface area contributed by atoms with Gasteiger partial charge in [0, 0.05) is 42.3 Å². The summed E-state index contributed by atoms with van der Waals surface area (Å²) in [5.41, 5.74) is 1.03. The van der Waals surface area contributed by atoms with Crippen LogP contribution in [0.2, 0.25) is 4.47 Å². The van der Waals surface area contributed by atoms with E-state index >= 15 is 0 Å². The largest absolute Gasteiger partial charge is 0.497 e. The van der Waals surface area contributed by atoms with E-state index in [-0.39, 0.29) is 6.61 Å². The Kier molecular flexibility index (Phi) is 6.45. The first kappa shape index (κ1) is 17.0. The van der Waals surface area contributed by atoms with Crippen LogP contribution < -0.4 is 9.47 Å². The molecule has 120 valence electrons. The molecule has 22 heavy (non-hydrogen) atoms. The quantitative estimate of drug-likeness (QED) is 0.799. The molecule has 1 heterocycles. The maximum absolute atomic E-state index is 9.28. The highest BCUT2D eigenvalue weighted by atomic mass is 35.5. The molecule has 0 bridgehead atoms. The average Bonchev–Trinajstić information content (AvgIpc) is 2.93. The van der Waals surface area contributed by atoms with E-state index < -0.39 is 0 Å². The number of aromatic nitrogens is 1. The number of aliphatic hydroxyl groups excluding tert-OH is 1. The summed E-state index contributed by atoms with van der Waals surface area (Å²) >= 11 is 7.32. The van der Waals surface area contributed by atoms with Crippen molar-refractivity contribution in [1.29, 1.82) is 0 Å². The summed E-state index contributed by atoms with van der Waals surface area (Å²) in [6.07, 6.45) is 1.77. The van der Waals surface area contributed by atoms with Gasteiger partial charge in [0.25, 0.3) is 0 Å². The van der Waals surface area contributed by atoms with Crippen molar-refractivity contribution in [2.24, 2.45) is 0 Å². The van der Waals surface area contributed by atoms with Gasteiger partial charge in [-0.25, -0.2) is 4.98 Å². The number of halogens is 1. The first-order valence-corrected chi connectivity index (χ1v) is 8.00. The normalized spacial score (nSPS) is 11.0. The van der Waals surface area contributed by atoms with Crippen LogP contribution in [0.3, 0.4) is 0 Å². The first-order chi connectivity index (χ1) is 10.7. The minimum absolute atomic E-state index is 0.0883. The second kappa shape index (κ2) is 8.33. The highest BCUT2D eigenvalue weighted by Gasteiger charge is 2.12. The molecular formula is C15H19ClN2O3S. The second-order valence-electron chi connectivity index (χ2n) is 4.69. The number of nitrogens with zero attached hydrogens (tertiary/aromatic N) is 2. The fourth-order valence-corrected chi connectivity index (χ4v) is 3.18. The third-order valence-electron chi connectivity index (χ3n) is 3.21. The summed E-state index contributed by atoms with van der Waals surface area (Å²) in [7, 11) is 3.26. The smallest absolute Gasteiger partial charge is 0.183 e. The molecule has 2 rings (SSSR count). The Morgan fingerprint density at radius 2 is 2.09 bits per heavy atom. The van der Waals surface area contributed by atoms with E-state index in [0.29, 0.717) is 24.1 Å². The average molecular weight is 343 g/mol. The summed E-state index contributed by atoms with van der Waals surface area (Å²) < 4.78 is 11.2. The molecule has 0 aliphatic rings. The molecule has 0 fully saturated rings. The monoisotopic (exact) mass is 342 g/mol. The van der Waals surface area contributed by atoms with Crippen molar-refractivity contribution in [3.05, 3.63) is 39.3 Å². The third kappa shape index (κ3) is 4.58. The first-order valence-electron chi connectivity index (χ1n) is 6.80. The van der Waals surface area contributed by atoms with E-state index in [4.69, 9.17) is 21.1 Å². The minimum atomic E-state index is 0.0883. The Morgan fingerprint density at radius 3 is 2.68 bits per heavy atom. The molecular weight excluding hydrogens is 324 g/mol. The van der Waals surface area contributed by atoms with Gasteiger partial charge in [-0.05, 0) is 6.07 Å². The molecule has 1 aromatic carbocycles. The summed E-state index contributed by atoms with van der Waals surface area (Å²) in [6.45, 7) is 1.99. The Hall–Kier alpha value is -1.34. The minimum Gasteiger partial charge on any atom is -0.497 e. The van der Waals surface area contributed by atoms with Crippen molar-refractivity contribution in [2.45, 2.75) is 13.1 Å². The van der Waals surface area contributed by atoms with Gasteiger partial charge in [-0.1, -0.05) is 17.7 Å². The van der Waals surface area contributed by atoms with Crippen LogP contribution in [0.4, 0.5) is 0 Å². The van der Waals surface area contributed by atoms with Gasteiger partial charge in [0.15, 0.2) is 4.47 Å². The summed E-state index contributed by atoms with van der Waals surface area (Å²) in [5, 5.41) is 9.28. The van der Waals surface area contributed by atoms with Crippen LogP contribution in [0.1, 0.15) is 10.4 Å². The van der Waals surface area contributed by atoms with E-state index in [9.17, 15) is 5.11 Å². The van der Waals surface area contributed by atoms with Crippen molar-refractivity contribution in [3.63, 3.8) is 0 Å². The Bertz CT molecular complexity index is 606. The van der Waals surface area contributed by atoms with Gasteiger partial charge in [0.05, 0.1) is 20.8 Å². The molecule has 0 aliphatic heterocycles. The standard InChI is InChI=1S/C15H19ClN2O3S/c1-20-12-4-3-11(14(7-12)21-2)9-18(5-6-19)10-13-8-17-15(16)22-13/h3-4,7-8,19H,5-6,9-10H2,1-2H3. The summed E-state index contributed by atoms with van der Waals surface area (Å²) in [4.78, 5) is 7.23. The van der Waals surface area contributed by atoms with Crippen molar-refractivity contribution < 1.29 is 14.6 Å². The fourth-order valence-electron chi connectivity index (χ4n) is 2.16. The van der Waals surface area contributed by atoms with Gasteiger partial charge >= 0.3 is 0 Å². The molecule has 5 nitrogen and oxygen atoms in total. The number of hydrogen-bond acceptors (Lipinski definition) is 6. The number of rotatable bonds is 8. The van der Waals surface area contributed by atoms with Crippen molar-refractivity contribution in [3.8, 4) is 11.5 Å². The van der Waals surface area contributed by atoms with Crippen LogP contribution in [0.15, 0.2) is 24.4 Å². The molecule has 0 amide bonds. The van der Waals surface area contributed by atoms with Crippen molar-refractivity contribution in [2.75, 3.05) is 27.4 Å². The predicted molar refractivity (Wildman–Crippen MR) is 87.9 cm³/mol. The lowest BCUT2D eigenvalue weighted by atomic mass is 10.1. The Balaban J connectivity index is 2.13. The highest BCUT2D eigenvalue weighted by molar-refractivity contribution is 7.15. The number of hydrogen-bond donors (Lipinski definition) is 1. The Morgan fingerprint density at radius 1 is 1.27 bits per heavy atom. The SMILES string of the molecule is COc1ccc(CN(CCO)Cc2cnc(Cl)s2)c(OC)c1. The van der Waals surface area contributed by atoms with E-state index in [1.165, 1.54) is 11.3 Å². The van der Waals surface area contributed by atoms with Gasteiger partial charge in [-0.2, -0.15) is 0 Å². The van der Waals surface area contributed by atoms with Crippen LogP contribution in [0.25, 0.3) is 0 Å². The maximum Gasteiger partial charge on any atom is 0.183 e. The molecule has 1 N–H and O–H groups in total. The zero-order chi connectivity index (χ0) is 15.9. The highest BCUT2D eigenvalue weighted by Crippen LogP contribution is 2.27. The molecule has 0 saturated heterocycles. The van der Waals surface area contributed by atoms with Crippen LogP contribution in [-0.4, -0.2) is 42.4 Å². The summed E-state index contributed by atoms with van der Waals surface area (Å²) in [5.74, 6) is 1.52. The zero-order valence-corrected chi connectivity index (χ0v) is 14.2.